The summed E-state index contributed by atoms with van der Waals surface area (Å²) in [7, 11) is -0.759. The second-order valence-corrected chi connectivity index (χ2v) is 4.70. The van der Waals surface area contributed by atoms with E-state index < -0.39 is 10.8 Å². The summed E-state index contributed by atoms with van der Waals surface area (Å²) in [5.74, 6) is 0.469. The fraction of sp³-hybridized carbons (Fsp3) is 0.875. The van der Waals surface area contributed by atoms with Gasteiger partial charge in [-0.3, -0.25) is 9.20 Å². The molecule has 0 saturated heterocycles. The first kappa shape index (κ1) is 12.4. The smallest absolute Gasteiger partial charge is 0.188 e. The molecule has 3 N–H and O–H groups in total. The molecule has 0 amide bonds. The summed E-state index contributed by atoms with van der Waals surface area (Å²) >= 11 is 0. The molecule has 0 spiro atoms. The van der Waals surface area contributed by atoms with Crippen LogP contribution < -0.4 is 11.1 Å². The van der Waals surface area contributed by atoms with Crippen molar-refractivity contribution in [3.8, 4) is 0 Å². The number of nitrogens with two attached hydrogens (primary N) is 1. The lowest BCUT2D eigenvalue weighted by Gasteiger charge is -2.06. The molecule has 0 saturated carbocycles. The monoisotopic (exact) mass is 205 g/mol. The third-order valence-corrected chi connectivity index (χ3v) is 3.11. The molecule has 78 valence electrons. The molecule has 0 aliphatic rings. The number of aliphatic imine (C=N–C) groups is 1. The molecule has 5 heteroatoms. The second kappa shape index (κ2) is 6.88. The maximum absolute atomic E-state index is 11.0. The van der Waals surface area contributed by atoms with Gasteiger partial charge in [0.25, 0.3) is 0 Å². The molecule has 2 unspecified atom stereocenters. The van der Waals surface area contributed by atoms with Crippen LogP contribution in [0.15, 0.2) is 4.99 Å². The highest BCUT2D eigenvalue weighted by molar-refractivity contribution is 7.84. The molecule has 0 aliphatic heterocycles. The number of rotatable bonds is 5. The third-order valence-electron chi connectivity index (χ3n) is 1.74. The van der Waals surface area contributed by atoms with Crippen molar-refractivity contribution < 1.29 is 4.21 Å². The molecule has 4 nitrogen and oxygen atoms in total. The fourth-order valence-corrected chi connectivity index (χ4v) is 1.21. The van der Waals surface area contributed by atoms with Crippen LogP contribution in [0.2, 0.25) is 0 Å². The zero-order valence-corrected chi connectivity index (χ0v) is 9.36. The zero-order chi connectivity index (χ0) is 10.3. The molecular formula is C8H19N3OS. The molecule has 0 fully saturated rings. The molecule has 0 radical (unpaired) electrons. The predicted molar refractivity (Wildman–Crippen MR) is 58.3 cm³/mol. The third kappa shape index (κ3) is 6.57. The zero-order valence-electron chi connectivity index (χ0n) is 8.54. The lowest BCUT2D eigenvalue weighted by Crippen LogP contribution is -2.31. The fourth-order valence-electron chi connectivity index (χ4n) is 0.770. The van der Waals surface area contributed by atoms with Crippen molar-refractivity contribution in [3.63, 3.8) is 0 Å². The van der Waals surface area contributed by atoms with E-state index >= 15 is 0 Å². The minimum absolute atomic E-state index is 0.193. The Balaban J connectivity index is 3.65. The van der Waals surface area contributed by atoms with Gasteiger partial charge in [0.2, 0.25) is 0 Å². The van der Waals surface area contributed by atoms with Crippen LogP contribution in [-0.4, -0.2) is 34.8 Å². The lowest BCUT2D eigenvalue weighted by molar-refractivity contribution is 0.670. The molecular weight excluding hydrogens is 186 g/mol. The highest BCUT2D eigenvalue weighted by Gasteiger charge is 2.04. The summed E-state index contributed by atoms with van der Waals surface area (Å²) in [4.78, 5) is 4.09. The van der Waals surface area contributed by atoms with Crippen LogP contribution in [0.25, 0.3) is 0 Å². The predicted octanol–water partition coefficient (Wildman–Crippen LogP) is 0.0677. The van der Waals surface area contributed by atoms with Crippen LogP contribution in [0.5, 0.6) is 0 Å². The van der Waals surface area contributed by atoms with Crippen molar-refractivity contribution in [2.75, 3.05) is 19.3 Å². The Morgan fingerprint density at radius 1 is 1.69 bits per heavy atom. The lowest BCUT2D eigenvalue weighted by atomic mass is 10.3. The highest BCUT2D eigenvalue weighted by atomic mass is 32.2. The molecule has 0 aliphatic carbocycles. The molecule has 0 heterocycles. The first-order chi connectivity index (χ1) is 6.07. The van der Waals surface area contributed by atoms with Gasteiger partial charge in [0.05, 0.1) is 0 Å². The van der Waals surface area contributed by atoms with Gasteiger partial charge in [-0.15, -0.1) is 0 Å². The molecule has 2 atom stereocenters. The van der Waals surface area contributed by atoms with E-state index in [0.717, 1.165) is 13.0 Å². The van der Waals surface area contributed by atoms with E-state index in [2.05, 4.69) is 10.3 Å². The number of hydrogen-bond donors (Lipinski definition) is 2. The van der Waals surface area contributed by atoms with E-state index in [1.807, 2.05) is 13.8 Å². The van der Waals surface area contributed by atoms with E-state index in [4.69, 9.17) is 5.73 Å². The van der Waals surface area contributed by atoms with Crippen LogP contribution in [0, 0.1) is 0 Å². The Kier molecular flexibility index (Phi) is 6.58. The Bertz CT molecular complexity index is 194. The molecule has 0 aromatic rings. The summed E-state index contributed by atoms with van der Waals surface area (Å²) in [6, 6.07) is 0. The van der Waals surface area contributed by atoms with Crippen LogP contribution in [0.3, 0.4) is 0 Å². The van der Waals surface area contributed by atoms with Gasteiger partial charge in [-0.1, -0.05) is 6.92 Å². The van der Waals surface area contributed by atoms with Gasteiger partial charge in [0.1, 0.15) is 0 Å². The van der Waals surface area contributed by atoms with Gasteiger partial charge >= 0.3 is 0 Å². The van der Waals surface area contributed by atoms with Crippen LogP contribution in [-0.2, 0) is 10.8 Å². The molecule has 0 bridgehead atoms. The SMILES string of the molecule is CCNC(N)=NCCC(C)S(C)=O. The Labute approximate surface area is 82.5 Å². The number of nitrogens with one attached hydrogen (secondary N) is 1. The number of hydrogen-bond acceptors (Lipinski definition) is 2. The average Bonchev–Trinajstić information content (AvgIpc) is 2.04. The van der Waals surface area contributed by atoms with Crippen LogP contribution in [0.1, 0.15) is 20.3 Å². The van der Waals surface area contributed by atoms with Gasteiger partial charge in [-0.2, -0.15) is 0 Å². The Hall–Kier alpha value is -0.580. The maximum Gasteiger partial charge on any atom is 0.188 e. The average molecular weight is 205 g/mol. The Morgan fingerprint density at radius 3 is 2.77 bits per heavy atom. The summed E-state index contributed by atoms with van der Waals surface area (Å²) in [6.45, 7) is 5.34. The minimum atomic E-state index is -0.759. The Morgan fingerprint density at radius 2 is 2.31 bits per heavy atom. The van der Waals surface area contributed by atoms with Gasteiger partial charge in [0, 0.05) is 35.4 Å². The minimum Gasteiger partial charge on any atom is -0.370 e. The topological polar surface area (TPSA) is 67.5 Å². The standard InChI is InChI=1S/C8H19N3OS/c1-4-10-8(9)11-6-5-7(2)13(3)12/h7H,4-6H2,1-3H3,(H3,9,10,11). The van der Waals surface area contributed by atoms with Crippen LogP contribution in [0.4, 0.5) is 0 Å². The molecule has 13 heavy (non-hydrogen) atoms. The number of nitrogens with zero attached hydrogens (tertiary/aromatic N) is 1. The largest absolute Gasteiger partial charge is 0.370 e. The molecule has 0 aromatic carbocycles. The molecule has 0 rings (SSSR count). The van der Waals surface area contributed by atoms with Gasteiger partial charge in [0.15, 0.2) is 5.96 Å². The first-order valence-corrected chi connectivity index (χ1v) is 6.06. The second-order valence-electron chi connectivity index (χ2n) is 2.90. The van der Waals surface area contributed by atoms with E-state index in [1.165, 1.54) is 0 Å². The van der Waals surface area contributed by atoms with E-state index in [9.17, 15) is 4.21 Å². The first-order valence-electron chi connectivity index (χ1n) is 4.44. The van der Waals surface area contributed by atoms with Crippen molar-refractivity contribution in [2.45, 2.75) is 25.5 Å². The van der Waals surface area contributed by atoms with Crippen molar-refractivity contribution in [3.05, 3.63) is 0 Å². The van der Waals surface area contributed by atoms with E-state index in [0.29, 0.717) is 12.5 Å². The number of guanidine groups is 1. The van der Waals surface area contributed by atoms with E-state index in [-0.39, 0.29) is 5.25 Å². The quantitative estimate of drug-likeness (QED) is 0.493. The van der Waals surface area contributed by atoms with E-state index in [1.54, 1.807) is 6.26 Å². The van der Waals surface area contributed by atoms with Gasteiger partial charge < -0.3 is 11.1 Å². The van der Waals surface area contributed by atoms with Crippen molar-refractivity contribution in [2.24, 2.45) is 10.7 Å². The summed E-state index contributed by atoms with van der Waals surface area (Å²) in [5.41, 5.74) is 5.51. The summed E-state index contributed by atoms with van der Waals surface area (Å²) < 4.78 is 11.0. The summed E-state index contributed by atoms with van der Waals surface area (Å²) in [6.07, 6.45) is 2.53. The highest BCUT2D eigenvalue weighted by Crippen LogP contribution is 1.98. The summed E-state index contributed by atoms with van der Waals surface area (Å²) in [5, 5.41) is 3.09. The maximum atomic E-state index is 11.0. The van der Waals surface area contributed by atoms with Crippen molar-refractivity contribution in [1.29, 1.82) is 0 Å². The van der Waals surface area contributed by atoms with Gasteiger partial charge in [-0.25, -0.2) is 0 Å². The van der Waals surface area contributed by atoms with Crippen LogP contribution >= 0.6 is 0 Å². The van der Waals surface area contributed by atoms with Crippen molar-refractivity contribution >= 4 is 16.8 Å². The van der Waals surface area contributed by atoms with Gasteiger partial charge in [-0.05, 0) is 13.3 Å². The van der Waals surface area contributed by atoms with Crippen molar-refractivity contribution in [1.82, 2.24) is 5.32 Å². The molecule has 0 aromatic heterocycles. The normalized spacial score (nSPS) is 16.7.